The minimum atomic E-state index is 0.810. The first-order valence-electron chi connectivity index (χ1n) is 6.24. The van der Waals surface area contributed by atoms with Crippen LogP contribution >= 0.6 is 0 Å². The van der Waals surface area contributed by atoms with E-state index < -0.39 is 0 Å². The summed E-state index contributed by atoms with van der Waals surface area (Å²) in [6.45, 7) is 0. The van der Waals surface area contributed by atoms with Crippen molar-refractivity contribution < 1.29 is 9.47 Å². The van der Waals surface area contributed by atoms with Crippen molar-refractivity contribution in [1.82, 2.24) is 0 Å². The molecule has 0 atom stereocenters. The standard InChI is InChI=1S/C16H19NO2/c1-17-14-6-4-5-12(10-14)9-13-7-8-15(18-2)11-16(13)19-3/h4-8,10-11,17H,9H2,1-3H3. The van der Waals surface area contributed by atoms with Gasteiger partial charge in [0.2, 0.25) is 0 Å². The zero-order valence-electron chi connectivity index (χ0n) is 11.6. The van der Waals surface area contributed by atoms with E-state index >= 15 is 0 Å². The number of anilines is 1. The summed E-state index contributed by atoms with van der Waals surface area (Å²) in [7, 11) is 5.26. The number of ether oxygens (including phenoxy) is 2. The number of hydrogen-bond donors (Lipinski definition) is 1. The van der Waals surface area contributed by atoms with Crippen molar-refractivity contribution in [3.8, 4) is 11.5 Å². The first-order valence-corrected chi connectivity index (χ1v) is 6.24. The Morgan fingerprint density at radius 2 is 1.84 bits per heavy atom. The highest BCUT2D eigenvalue weighted by atomic mass is 16.5. The average molecular weight is 257 g/mol. The highest BCUT2D eigenvalue weighted by molar-refractivity contribution is 5.48. The van der Waals surface area contributed by atoms with Gasteiger partial charge in [-0.25, -0.2) is 0 Å². The SMILES string of the molecule is CNc1cccc(Cc2ccc(OC)cc2OC)c1. The summed E-state index contributed by atoms with van der Waals surface area (Å²) in [6.07, 6.45) is 0.836. The number of nitrogens with one attached hydrogen (secondary N) is 1. The van der Waals surface area contributed by atoms with E-state index in [4.69, 9.17) is 9.47 Å². The summed E-state index contributed by atoms with van der Waals surface area (Å²) in [5, 5.41) is 3.15. The Hall–Kier alpha value is -2.16. The molecule has 0 saturated heterocycles. The number of hydrogen-bond acceptors (Lipinski definition) is 3. The molecule has 2 aromatic carbocycles. The lowest BCUT2D eigenvalue weighted by Crippen LogP contribution is -1.96. The van der Waals surface area contributed by atoms with Crippen LogP contribution in [0.4, 0.5) is 5.69 Å². The van der Waals surface area contributed by atoms with Crippen LogP contribution < -0.4 is 14.8 Å². The molecule has 0 bridgehead atoms. The second-order valence-corrected chi connectivity index (χ2v) is 4.30. The molecule has 100 valence electrons. The van der Waals surface area contributed by atoms with Crippen molar-refractivity contribution in [2.24, 2.45) is 0 Å². The molecular formula is C16H19NO2. The molecule has 3 heteroatoms. The molecule has 0 aromatic heterocycles. The van der Waals surface area contributed by atoms with Crippen LogP contribution in [-0.4, -0.2) is 21.3 Å². The van der Waals surface area contributed by atoms with Crippen LogP contribution in [0.1, 0.15) is 11.1 Å². The summed E-state index contributed by atoms with van der Waals surface area (Å²) >= 11 is 0. The third-order valence-corrected chi connectivity index (χ3v) is 3.10. The summed E-state index contributed by atoms with van der Waals surface area (Å²) in [5.74, 6) is 1.67. The van der Waals surface area contributed by atoms with Crippen LogP contribution in [0, 0.1) is 0 Å². The van der Waals surface area contributed by atoms with Gasteiger partial charge in [0.15, 0.2) is 0 Å². The van der Waals surface area contributed by atoms with Crippen molar-refractivity contribution in [3.05, 3.63) is 53.6 Å². The zero-order chi connectivity index (χ0) is 13.7. The Balaban J connectivity index is 2.26. The Bertz CT molecular complexity index is 552. The van der Waals surface area contributed by atoms with Crippen molar-refractivity contribution in [2.75, 3.05) is 26.6 Å². The van der Waals surface area contributed by atoms with E-state index in [-0.39, 0.29) is 0 Å². The van der Waals surface area contributed by atoms with Crippen molar-refractivity contribution >= 4 is 5.69 Å². The van der Waals surface area contributed by atoms with Gasteiger partial charge in [-0.1, -0.05) is 18.2 Å². The van der Waals surface area contributed by atoms with Crippen LogP contribution in [-0.2, 0) is 6.42 Å². The van der Waals surface area contributed by atoms with Crippen molar-refractivity contribution in [2.45, 2.75) is 6.42 Å². The normalized spacial score (nSPS) is 10.1. The van der Waals surface area contributed by atoms with Crippen molar-refractivity contribution in [1.29, 1.82) is 0 Å². The number of methoxy groups -OCH3 is 2. The van der Waals surface area contributed by atoms with Crippen LogP contribution in [0.25, 0.3) is 0 Å². The summed E-state index contributed by atoms with van der Waals surface area (Å²) in [5.41, 5.74) is 3.51. The molecule has 0 saturated carbocycles. The second kappa shape index (κ2) is 6.14. The molecule has 0 unspecified atom stereocenters. The molecule has 0 amide bonds. The second-order valence-electron chi connectivity index (χ2n) is 4.30. The molecule has 0 aliphatic carbocycles. The molecule has 19 heavy (non-hydrogen) atoms. The van der Waals surface area contributed by atoms with Gasteiger partial charge in [0, 0.05) is 25.2 Å². The molecule has 3 nitrogen and oxygen atoms in total. The molecule has 2 rings (SSSR count). The van der Waals surface area contributed by atoms with Gasteiger partial charge in [-0.3, -0.25) is 0 Å². The van der Waals surface area contributed by atoms with Crippen LogP contribution in [0.2, 0.25) is 0 Å². The highest BCUT2D eigenvalue weighted by Crippen LogP contribution is 2.27. The van der Waals surface area contributed by atoms with Crippen molar-refractivity contribution in [3.63, 3.8) is 0 Å². The third-order valence-electron chi connectivity index (χ3n) is 3.10. The number of benzene rings is 2. The quantitative estimate of drug-likeness (QED) is 0.891. The van der Waals surface area contributed by atoms with Gasteiger partial charge in [-0.05, 0) is 29.3 Å². The fourth-order valence-corrected chi connectivity index (χ4v) is 2.05. The van der Waals surface area contributed by atoms with E-state index in [1.807, 2.05) is 25.2 Å². The Labute approximate surface area is 114 Å². The van der Waals surface area contributed by atoms with Gasteiger partial charge >= 0.3 is 0 Å². The number of rotatable bonds is 5. The predicted octanol–water partition coefficient (Wildman–Crippen LogP) is 3.34. The maximum absolute atomic E-state index is 5.42. The molecule has 0 radical (unpaired) electrons. The molecule has 2 aromatic rings. The van der Waals surface area contributed by atoms with E-state index in [0.717, 1.165) is 29.2 Å². The highest BCUT2D eigenvalue weighted by Gasteiger charge is 2.06. The fraction of sp³-hybridized carbons (Fsp3) is 0.250. The van der Waals surface area contributed by atoms with Crippen LogP contribution in [0.3, 0.4) is 0 Å². The van der Waals surface area contributed by atoms with E-state index in [2.05, 4.69) is 29.6 Å². The fourth-order valence-electron chi connectivity index (χ4n) is 2.05. The predicted molar refractivity (Wildman–Crippen MR) is 78.3 cm³/mol. The average Bonchev–Trinajstić information content (AvgIpc) is 2.48. The zero-order valence-corrected chi connectivity index (χ0v) is 11.6. The van der Waals surface area contributed by atoms with Gasteiger partial charge in [0.05, 0.1) is 14.2 Å². The van der Waals surface area contributed by atoms with Gasteiger partial charge < -0.3 is 14.8 Å². The topological polar surface area (TPSA) is 30.5 Å². The lowest BCUT2D eigenvalue weighted by Gasteiger charge is -2.11. The summed E-state index contributed by atoms with van der Waals surface area (Å²) in [4.78, 5) is 0. The van der Waals surface area contributed by atoms with Gasteiger partial charge in [0.1, 0.15) is 11.5 Å². The first kappa shape index (κ1) is 13.3. The maximum Gasteiger partial charge on any atom is 0.126 e. The summed E-state index contributed by atoms with van der Waals surface area (Å²) in [6, 6.07) is 14.3. The minimum Gasteiger partial charge on any atom is -0.497 e. The van der Waals surface area contributed by atoms with Crippen LogP contribution in [0.5, 0.6) is 11.5 Å². The molecule has 0 aliphatic heterocycles. The van der Waals surface area contributed by atoms with Crippen LogP contribution in [0.15, 0.2) is 42.5 Å². The van der Waals surface area contributed by atoms with E-state index in [1.165, 1.54) is 5.56 Å². The van der Waals surface area contributed by atoms with E-state index in [9.17, 15) is 0 Å². The Morgan fingerprint density at radius 3 is 2.53 bits per heavy atom. The lowest BCUT2D eigenvalue weighted by atomic mass is 10.0. The lowest BCUT2D eigenvalue weighted by molar-refractivity contribution is 0.391. The van der Waals surface area contributed by atoms with E-state index in [1.54, 1.807) is 14.2 Å². The molecule has 0 spiro atoms. The first-order chi connectivity index (χ1) is 9.26. The van der Waals surface area contributed by atoms with Gasteiger partial charge in [-0.2, -0.15) is 0 Å². The smallest absolute Gasteiger partial charge is 0.126 e. The minimum absolute atomic E-state index is 0.810. The molecule has 0 aliphatic rings. The monoisotopic (exact) mass is 257 g/mol. The molecule has 0 heterocycles. The summed E-state index contributed by atoms with van der Waals surface area (Å²) < 4.78 is 10.6. The van der Waals surface area contributed by atoms with E-state index in [0.29, 0.717) is 0 Å². The maximum atomic E-state index is 5.42. The molecule has 1 N–H and O–H groups in total. The Morgan fingerprint density at radius 1 is 1.00 bits per heavy atom. The third kappa shape index (κ3) is 3.19. The van der Waals surface area contributed by atoms with Gasteiger partial charge in [0.25, 0.3) is 0 Å². The largest absolute Gasteiger partial charge is 0.497 e. The molecule has 0 fully saturated rings. The Kier molecular flexibility index (Phi) is 4.29. The van der Waals surface area contributed by atoms with Gasteiger partial charge in [-0.15, -0.1) is 0 Å². The molecular weight excluding hydrogens is 238 g/mol.